The molecule has 0 aromatic heterocycles. The lowest BCUT2D eigenvalue weighted by Crippen LogP contribution is -2.41. The average Bonchev–Trinajstić information content (AvgIpc) is 2.56. The van der Waals surface area contributed by atoms with E-state index in [-0.39, 0.29) is 0 Å². The summed E-state index contributed by atoms with van der Waals surface area (Å²) in [5, 5.41) is 0. The molecule has 2 aliphatic rings. The van der Waals surface area contributed by atoms with Crippen LogP contribution in [0.15, 0.2) is 30.3 Å². The molecule has 0 radical (unpaired) electrons. The molecule has 3 rings (SSSR count). The summed E-state index contributed by atoms with van der Waals surface area (Å²) in [6.45, 7) is 6.25. The Bertz CT molecular complexity index is 395. The van der Waals surface area contributed by atoms with Crippen LogP contribution in [-0.2, 0) is 16.1 Å². The van der Waals surface area contributed by atoms with Gasteiger partial charge in [-0.3, -0.25) is 0 Å². The molecule has 0 aliphatic carbocycles. The highest BCUT2D eigenvalue weighted by Crippen LogP contribution is 2.20. The summed E-state index contributed by atoms with van der Waals surface area (Å²) < 4.78 is 11.6. The lowest BCUT2D eigenvalue weighted by atomic mass is 9.99. The fraction of sp³-hybridized carbons (Fsp3) is 0.667. The van der Waals surface area contributed by atoms with Crippen LogP contribution >= 0.6 is 0 Å². The third kappa shape index (κ3) is 4.80. The number of ether oxygens (including phenoxy) is 2. The molecule has 2 heterocycles. The molecule has 1 atom stereocenters. The second-order valence-electron chi connectivity index (χ2n) is 6.38. The van der Waals surface area contributed by atoms with Crippen LogP contribution in [0.1, 0.15) is 31.2 Å². The monoisotopic (exact) mass is 289 g/mol. The number of hydrogen-bond donors (Lipinski definition) is 0. The van der Waals surface area contributed by atoms with Gasteiger partial charge in [-0.2, -0.15) is 0 Å². The molecule has 116 valence electrons. The van der Waals surface area contributed by atoms with Crippen LogP contribution in [0.2, 0.25) is 0 Å². The van der Waals surface area contributed by atoms with Gasteiger partial charge in [0.1, 0.15) is 0 Å². The Morgan fingerprint density at radius 3 is 2.62 bits per heavy atom. The fourth-order valence-electron chi connectivity index (χ4n) is 3.36. The first-order valence-corrected chi connectivity index (χ1v) is 8.36. The van der Waals surface area contributed by atoms with E-state index in [1.54, 1.807) is 0 Å². The molecule has 0 bridgehead atoms. The highest BCUT2D eigenvalue weighted by atomic mass is 16.5. The van der Waals surface area contributed by atoms with Gasteiger partial charge >= 0.3 is 0 Å². The van der Waals surface area contributed by atoms with Gasteiger partial charge in [0.05, 0.1) is 19.3 Å². The molecule has 3 heteroatoms. The first kappa shape index (κ1) is 15.0. The van der Waals surface area contributed by atoms with Crippen LogP contribution in [0, 0.1) is 5.92 Å². The first-order valence-electron chi connectivity index (χ1n) is 8.36. The normalized spacial score (nSPS) is 25.0. The van der Waals surface area contributed by atoms with Crippen LogP contribution < -0.4 is 0 Å². The highest BCUT2D eigenvalue weighted by Gasteiger charge is 2.23. The summed E-state index contributed by atoms with van der Waals surface area (Å²) >= 11 is 0. The fourth-order valence-corrected chi connectivity index (χ4v) is 3.36. The smallest absolute Gasteiger partial charge is 0.0720 e. The molecule has 0 unspecified atom stereocenters. The number of hydrogen-bond acceptors (Lipinski definition) is 3. The lowest BCUT2D eigenvalue weighted by molar-refractivity contribution is -0.0143. The van der Waals surface area contributed by atoms with Crippen molar-refractivity contribution in [3.8, 4) is 0 Å². The molecule has 2 fully saturated rings. The van der Waals surface area contributed by atoms with E-state index in [9.17, 15) is 0 Å². The molecule has 1 aromatic rings. The number of piperidine rings is 1. The zero-order valence-corrected chi connectivity index (χ0v) is 12.9. The van der Waals surface area contributed by atoms with Crippen molar-refractivity contribution in [1.82, 2.24) is 4.90 Å². The molecule has 1 aromatic carbocycles. The average molecular weight is 289 g/mol. The Hall–Kier alpha value is -0.900. The Morgan fingerprint density at radius 2 is 1.90 bits per heavy atom. The summed E-state index contributed by atoms with van der Waals surface area (Å²) in [5.74, 6) is 0.750. The minimum Gasteiger partial charge on any atom is -0.381 e. The molecule has 0 N–H and O–H groups in total. The van der Waals surface area contributed by atoms with Crippen molar-refractivity contribution >= 4 is 0 Å². The quantitative estimate of drug-likeness (QED) is 0.831. The minimum atomic E-state index is 0.434. The summed E-state index contributed by atoms with van der Waals surface area (Å²) in [6.07, 6.45) is 5.34. The van der Waals surface area contributed by atoms with E-state index in [0.29, 0.717) is 6.10 Å². The van der Waals surface area contributed by atoms with E-state index < -0.39 is 0 Å². The Morgan fingerprint density at radius 1 is 1.10 bits per heavy atom. The van der Waals surface area contributed by atoms with Crippen molar-refractivity contribution < 1.29 is 9.47 Å². The van der Waals surface area contributed by atoms with E-state index in [2.05, 4.69) is 35.2 Å². The Balaban J connectivity index is 1.35. The maximum Gasteiger partial charge on any atom is 0.0720 e. The second kappa shape index (κ2) is 7.92. The molecule has 3 nitrogen and oxygen atoms in total. The van der Waals surface area contributed by atoms with Crippen LogP contribution in [-0.4, -0.2) is 43.9 Å². The SMILES string of the molecule is c1ccc(COC2CCN(C[C@H]3CCCOC3)CC2)cc1. The summed E-state index contributed by atoms with van der Waals surface area (Å²) in [5.41, 5.74) is 1.28. The zero-order chi connectivity index (χ0) is 14.3. The van der Waals surface area contributed by atoms with Crippen molar-refractivity contribution in [2.24, 2.45) is 5.92 Å². The number of rotatable bonds is 5. The van der Waals surface area contributed by atoms with Gasteiger partial charge in [-0.25, -0.2) is 0 Å². The number of nitrogens with zero attached hydrogens (tertiary/aromatic N) is 1. The standard InChI is InChI=1S/C18H27NO2/c1-2-5-16(6-3-1)15-21-18-8-10-19(11-9-18)13-17-7-4-12-20-14-17/h1-3,5-6,17-18H,4,7-15H2/t17-/m1/s1. The van der Waals surface area contributed by atoms with Gasteiger partial charge in [-0.1, -0.05) is 30.3 Å². The molecule has 0 saturated carbocycles. The summed E-state index contributed by atoms with van der Waals surface area (Å²) in [4.78, 5) is 2.60. The van der Waals surface area contributed by atoms with Crippen LogP contribution in [0.4, 0.5) is 0 Å². The van der Waals surface area contributed by atoms with Crippen molar-refractivity contribution in [2.45, 2.75) is 38.4 Å². The van der Waals surface area contributed by atoms with Crippen LogP contribution in [0.3, 0.4) is 0 Å². The second-order valence-corrected chi connectivity index (χ2v) is 6.38. The molecule has 2 aliphatic heterocycles. The van der Waals surface area contributed by atoms with E-state index in [4.69, 9.17) is 9.47 Å². The Kier molecular flexibility index (Phi) is 5.67. The molecule has 0 spiro atoms. The lowest BCUT2D eigenvalue weighted by Gasteiger charge is -2.35. The molecular formula is C18H27NO2. The van der Waals surface area contributed by atoms with Crippen molar-refractivity contribution in [1.29, 1.82) is 0 Å². The van der Waals surface area contributed by atoms with Crippen LogP contribution in [0.5, 0.6) is 0 Å². The maximum atomic E-state index is 6.06. The largest absolute Gasteiger partial charge is 0.381 e. The number of benzene rings is 1. The third-order valence-electron chi connectivity index (χ3n) is 4.63. The first-order chi connectivity index (χ1) is 10.4. The molecule has 21 heavy (non-hydrogen) atoms. The Labute approximate surface area is 128 Å². The molecule has 2 saturated heterocycles. The predicted molar refractivity (Wildman–Crippen MR) is 84.2 cm³/mol. The van der Waals surface area contributed by atoms with Gasteiger partial charge in [0.2, 0.25) is 0 Å². The third-order valence-corrected chi connectivity index (χ3v) is 4.63. The topological polar surface area (TPSA) is 21.7 Å². The number of likely N-dealkylation sites (tertiary alicyclic amines) is 1. The maximum absolute atomic E-state index is 6.06. The van der Waals surface area contributed by atoms with Crippen LogP contribution in [0.25, 0.3) is 0 Å². The predicted octanol–water partition coefficient (Wildman–Crippen LogP) is 3.09. The minimum absolute atomic E-state index is 0.434. The van der Waals surface area contributed by atoms with E-state index >= 15 is 0 Å². The summed E-state index contributed by atoms with van der Waals surface area (Å²) in [6, 6.07) is 10.5. The van der Waals surface area contributed by atoms with Crippen molar-refractivity contribution in [3.05, 3.63) is 35.9 Å². The zero-order valence-electron chi connectivity index (χ0n) is 12.9. The van der Waals surface area contributed by atoms with Gasteiger partial charge in [0.25, 0.3) is 0 Å². The van der Waals surface area contributed by atoms with E-state index in [1.807, 2.05) is 0 Å². The molecule has 0 amide bonds. The molecular weight excluding hydrogens is 262 g/mol. The van der Waals surface area contributed by atoms with E-state index in [1.165, 1.54) is 50.9 Å². The highest BCUT2D eigenvalue weighted by molar-refractivity contribution is 5.13. The van der Waals surface area contributed by atoms with Gasteiger partial charge in [0, 0.05) is 26.2 Å². The van der Waals surface area contributed by atoms with Gasteiger partial charge in [-0.05, 0) is 37.2 Å². The van der Waals surface area contributed by atoms with Crippen molar-refractivity contribution in [2.75, 3.05) is 32.8 Å². The van der Waals surface area contributed by atoms with Gasteiger partial charge in [-0.15, -0.1) is 0 Å². The van der Waals surface area contributed by atoms with Gasteiger partial charge in [0.15, 0.2) is 0 Å². The van der Waals surface area contributed by atoms with Crippen molar-refractivity contribution in [3.63, 3.8) is 0 Å². The summed E-state index contributed by atoms with van der Waals surface area (Å²) in [7, 11) is 0. The van der Waals surface area contributed by atoms with E-state index in [0.717, 1.165) is 25.7 Å². The van der Waals surface area contributed by atoms with Gasteiger partial charge < -0.3 is 14.4 Å².